The molecule has 4 heteroatoms. The lowest BCUT2D eigenvalue weighted by atomic mass is 9.93. The standard InChI is InChI=1S/C14H26N2O2/c1-18-13-4-2-3-12(13)16-14(17)6-5-11-7-9-15-10-8-11/h11-13,15H,2-10H2,1H3,(H,16,17). The Kier molecular flexibility index (Phi) is 5.45. The van der Waals surface area contributed by atoms with Crippen LogP contribution in [0.25, 0.3) is 0 Å². The summed E-state index contributed by atoms with van der Waals surface area (Å²) in [6.45, 7) is 2.22. The first kappa shape index (κ1) is 13.8. The van der Waals surface area contributed by atoms with Gasteiger partial charge in [-0.3, -0.25) is 4.79 Å². The molecular weight excluding hydrogens is 228 g/mol. The Hall–Kier alpha value is -0.610. The van der Waals surface area contributed by atoms with Crippen molar-refractivity contribution in [3.8, 4) is 0 Å². The van der Waals surface area contributed by atoms with Crippen LogP contribution in [0.5, 0.6) is 0 Å². The van der Waals surface area contributed by atoms with Gasteiger partial charge in [-0.1, -0.05) is 0 Å². The van der Waals surface area contributed by atoms with Crippen LogP contribution in [-0.2, 0) is 9.53 Å². The van der Waals surface area contributed by atoms with Gasteiger partial charge in [0, 0.05) is 13.5 Å². The van der Waals surface area contributed by atoms with Crippen LogP contribution in [0.2, 0.25) is 0 Å². The van der Waals surface area contributed by atoms with E-state index in [0.29, 0.717) is 6.42 Å². The minimum Gasteiger partial charge on any atom is -0.379 e. The van der Waals surface area contributed by atoms with Crippen LogP contribution >= 0.6 is 0 Å². The van der Waals surface area contributed by atoms with Gasteiger partial charge in [-0.2, -0.15) is 0 Å². The number of nitrogens with one attached hydrogen (secondary N) is 2. The Labute approximate surface area is 110 Å². The fraction of sp³-hybridized carbons (Fsp3) is 0.929. The molecule has 2 N–H and O–H groups in total. The molecule has 0 bridgehead atoms. The summed E-state index contributed by atoms with van der Waals surface area (Å²) in [4.78, 5) is 11.9. The van der Waals surface area contributed by atoms with E-state index in [-0.39, 0.29) is 18.1 Å². The Bertz CT molecular complexity index is 265. The molecule has 0 aromatic rings. The van der Waals surface area contributed by atoms with Crippen LogP contribution in [0.4, 0.5) is 0 Å². The first-order valence-corrected chi connectivity index (χ1v) is 7.32. The molecule has 18 heavy (non-hydrogen) atoms. The highest BCUT2D eigenvalue weighted by Crippen LogP contribution is 2.22. The summed E-state index contributed by atoms with van der Waals surface area (Å²) < 4.78 is 5.40. The van der Waals surface area contributed by atoms with Crippen LogP contribution in [-0.4, -0.2) is 38.3 Å². The van der Waals surface area contributed by atoms with Crippen molar-refractivity contribution in [2.45, 2.75) is 57.1 Å². The van der Waals surface area contributed by atoms with Gasteiger partial charge in [-0.15, -0.1) is 0 Å². The number of methoxy groups -OCH3 is 1. The molecule has 2 fully saturated rings. The maximum Gasteiger partial charge on any atom is 0.220 e. The highest BCUT2D eigenvalue weighted by Gasteiger charge is 2.28. The molecule has 1 amide bonds. The van der Waals surface area contributed by atoms with Crippen molar-refractivity contribution in [3.05, 3.63) is 0 Å². The number of rotatable bonds is 5. The zero-order valence-electron chi connectivity index (χ0n) is 11.4. The van der Waals surface area contributed by atoms with E-state index in [2.05, 4.69) is 10.6 Å². The molecule has 0 radical (unpaired) electrons. The van der Waals surface area contributed by atoms with Crippen LogP contribution < -0.4 is 10.6 Å². The number of amides is 1. The van der Waals surface area contributed by atoms with Gasteiger partial charge in [0.2, 0.25) is 5.91 Å². The van der Waals surface area contributed by atoms with Crippen molar-refractivity contribution in [2.75, 3.05) is 20.2 Å². The molecule has 1 aliphatic heterocycles. The Balaban J connectivity index is 1.65. The van der Waals surface area contributed by atoms with E-state index < -0.39 is 0 Å². The van der Waals surface area contributed by atoms with E-state index in [4.69, 9.17) is 4.74 Å². The average molecular weight is 254 g/mol. The number of carbonyl (C=O) groups is 1. The predicted octanol–water partition coefficient (Wildman–Crippen LogP) is 1.45. The Morgan fingerprint density at radius 3 is 2.78 bits per heavy atom. The van der Waals surface area contributed by atoms with Gasteiger partial charge in [0.05, 0.1) is 12.1 Å². The lowest BCUT2D eigenvalue weighted by Crippen LogP contribution is -2.40. The molecule has 0 spiro atoms. The Morgan fingerprint density at radius 1 is 1.28 bits per heavy atom. The van der Waals surface area contributed by atoms with Gasteiger partial charge in [0.1, 0.15) is 0 Å². The van der Waals surface area contributed by atoms with Gasteiger partial charge in [-0.05, 0) is 57.5 Å². The molecule has 1 saturated carbocycles. The monoisotopic (exact) mass is 254 g/mol. The Morgan fingerprint density at radius 2 is 2.06 bits per heavy atom. The third kappa shape index (κ3) is 3.95. The molecule has 0 aromatic carbocycles. The van der Waals surface area contributed by atoms with E-state index in [9.17, 15) is 4.79 Å². The summed E-state index contributed by atoms with van der Waals surface area (Å²) in [6.07, 6.45) is 7.70. The summed E-state index contributed by atoms with van der Waals surface area (Å²) in [5.74, 6) is 0.946. The van der Waals surface area contributed by atoms with Gasteiger partial charge in [-0.25, -0.2) is 0 Å². The maximum atomic E-state index is 11.9. The molecule has 2 atom stereocenters. The molecule has 2 rings (SSSR count). The minimum atomic E-state index is 0.211. The van der Waals surface area contributed by atoms with Crippen LogP contribution in [0.15, 0.2) is 0 Å². The minimum absolute atomic E-state index is 0.211. The maximum absolute atomic E-state index is 11.9. The summed E-state index contributed by atoms with van der Waals surface area (Å²) in [5, 5.41) is 6.50. The fourth-order valence-corrected chi connectivity index (χ4v) is 3.16. The van der Waals surface area contributed by atoms with E-state index in [0.717, 1.165) is 44.7 Å². The molecule has 2 aliphatic rings. The lowest BCUT2D eigenvalue weighted by molar-refractivity contribution is -0.122. The third-order valence-corrected chi connectivity index (χ3v) is 4.34. The third-order valence-electron chi connectivity index (χ3n) is 4.34. The first-order chi connectivity index (χ1) is 8.79. The second-order valence-corrected chi connectivity index (χ2v) is 5.61. The topological polar surface area (TPSA) is 50.4 Å². The number of ether oxygens (including phenoxy) is 1. The van der Waals surface area contributed by atoms with E-state index >= 15 is 0 Å². The van der Waals surface area contributed by atoms with Crippen molar-refractivity contribution in [1.29, 1.82) is 0 Å². The fourth-order valence-electron chi connectivity index (χ4n) is 3.16. The molecule has 4 nitrogen and oxygen atoms in total. The number of hydrogen-bond acceptors (Lipinski definition) is 3. The van der Waals surface area contributed by atoms with Gasteiger partial charge < -0.3 is 15.4 Å². The van der Waals surface area contributed by atoms with E-state index in [1.54, 1.807) is 7.11 Å². The second-order valence-electron chi connectivity index (χ2n) is 5.61. The summed E-state index contributed by atoms with van der Waals surface area (Å²) in [6, 6.07) is 0.246. The zero-order chi connectivity index (χ0) is 12.8. The summed E-state index contributed by atoms with van der Waals surface area (Å²) in [7, 11) is 1.74. The van der Waals surface area contributed by atoms with Crippen LogP contribution in [0.1, 0.15) is 44.9 Å². The number of carbonyl (C=O) groups excluding carboxylic acids is 1. The summed E-state index contributed by atoms with van der Waals surface area (Å²) in [5.41, 5.74) is 0. The van der Waals surface area contributed by atoms with Gasteiger partial charge >= 0.3 is 0 Å². The van der Waals surface area contributed by atoms with Crippen molar-refractivity contribution >= 4 is 5.91 Å². The summed E-state index contributed by atoms with van der Waals surface area (Å²) >= 11 is 0. The molecule has 104 valence electrons. The molecule has 1 aliphatic carbocycles. The highest BCUT2D eigenvalue weighted by atomic mass is 16.5. The van der Waals surface area contributed by atoms with Gasteiger partial charge in [0.25, 0.3) is 0 Å². The van der Waals surface area contributed by atoms with Crippen LogP contribution in [0, 0.1) is 5.92 Å². The average Bonchev–Trinajstić information content (AvgIpc) is 2.85. The predicted molar refractivity (Wildman–Crippen MR) is 71.4 cm³/mol. The van der Waals surface area contributed by atoms with Crippen molar-refractivity contribution in [2.24, 2.45) is 5.92 Å². The molecule has 2 unspecified atom stereocenters. The SMILES string of the molecule is COC1CCCC1NC(=O)CCC1CCNCC1. The second kappa shape index (κ2) is 7.10. The molecule has 1 heterocycles. The largest absolute Gasteiger partial charge is 0.379 e. The van der Waals surface area contributed by atoms with Gasteiger partial charge in [0.15, 0.2) is 0 Å². The number of hydrogen-bond donors (Lipinski definition) is 2. The van der Waals surface area contributed by atoms with Crippen LogP contribution in [0.3, 0.4) is 0 Å². The van der Waals surface area contributed by atoms with Crippen molar-refractivity contribution in [3.63, 3.8) is 0 Å². The lowest BCUT2D eigenvalue weighted by Gasteiger charge is -2.23. The first-order valence-electron chi connectivity index (χ1n) is 7.32. The van der Waals surface area contributed by atoms with Crippen molar-refractivity contribution in [1.82, 2.24) is 10.6 Å². The van der Waals surface area contributed by atoms with E-state index in [1.165, 1.54) is 12.8 Å². The molecule has 1 saturated heterocycles. The quantitative estimate of drug-likeness (QED) is 0.781. The smallest absolute Gasteiger partial charge is 0.220 e. The molecule has 0 aromatic heterocycles. The normalized spacial score (nSPS) is 29.4. The van der Waals surface area contributed by atoms with Crippen molar-refractivity contribution < 1.29 is 9.53 Å². The van der Waals surface area contributed by atoms with E-state index in [1.807, 2.05) is 0 Å². The zero-order valence-corrected chi connectivity index (χ0v) is 11.4. The number of piperidine rings is 1. The molecular formula is C14H26N2O2. The highest BCUT2D eigenvalue weighted by molar-refractivity contribution is 5.76.